The third-order valence-electron chi connectivity index (χ3n) is 3.21. The molecule has 0 N–H and O–H groups in total. The van der Waals surface area contributed by atoms with Gasteiger partial charge in [0.25, 0.3) is 0 Å². The average Bonchev–Trinajstić information content (AvgIpc) is 2.14. The standard InChI is InChI=1S/C12H24N2O/c1-10(2)14-8-7-13(9-11(14)3)6-5-12(4)15/h10-11H,5-9H2,1-4H3. The number of nitrogens with zero attached hydrogens (tertiary/aromatic N) is 2. The Balaban J connectivity index is 2.34. The molecule has 1 atom stereocenters. The highest BCUT2D eigenvalue weighted by molar-refractivity contribution is 5.75. The van der Waals surface area contributed by atoms with Gasteiger partial charge in [-0.05, 0) is 27.7 Å². The molecule has 3 nitrogen and oxygen atoms in total. The fourth-order valence-corrected chi connectivity index (χ4v) is 2.33. The van der Waals surface area contributed by atoms with Gasteiger partial charge in [0.2, 0.25) is 0 Å². The Kier molecular flexibility index (Phi) is 4.74. The van der Waals surface area contributed by atoms with Crippen molar-refractivity contribution in [3.8, 4) is 0 Å². The largest absolute Gasteiger partial charge is 0.300 e. The highest BCUT2D eigenvalue weighted by Gasteiger charge is 2.24. The number of carbonyl (C=O) groups excluding carboxylic acids is 1. The van der Waals surface area contributed by atoms with Gasteiger partial charge in [0.1, 0.15) is 5.78 Å². The maximum atomic E-state index is 10.9. The number of hydrogen-bond acceptors (Lipinski definition) is 3. The van der Waals surface area contributed by atoms with Crippen molar-refractivity contribution in [1.29, 1.82) is 0 Å². The quantitative estimate of drug-likeness (QED) is 0.703. The lowest BCUT2D eigenvalue weighted by Crippen LogP contribution is -2.54. The molecule has 1 heterocycles. The summed E-state index contributed by atoms with van der Waals surface area (Å²) in [7, 11) is 0. The van der Waals surface area contributed by atoms with E-state index in [1.165, 1.54) is 0 Å². The molecule has 1 aliphatic rings. The SMILES string of the molecule is CC(=O)CCN1CCN(C(C)C)C(C)C1. The Morgan fingerprint density at radius 1 is 1.40 bits per heavy atom. The van der Waals surface area contributed by atoms with Crippen molar-refractivity contribution >= 4 is 5.78 Å². The van der Waals surface area contributed by atoms with Gasteiger partial charge in [-0.25, -0.2) is 0 Å². The predicted octanol–water partition coefficient (Wildman–Crippen LogP) is 1.38. The Labute approximate surface area is 93.4 Å². The first-order valence-electron chi connectivity index (χ1n) is 5.98. The van der Waals surface area contributed by atoms with Crippen molar-refractivity contribution in [1.82, 2.24) is 9.80 Å². The molecule has 88 valence electrons. The summed E-state index contributed by atoms with van der Waals surface area (Å²) in [4.78, 5) is 15.8. The van der Waals surface area contributed by atoms with Crippen LogP contribution in [0, 0.1) is 0 Å². The average molecular weight is 212 g/mol. The summed E-state index contributed by atoms with van der Waals surface area (Å²) in [6.07, 6.45) is 0.703. The molecule has 0 aromatic carbocycles. The molecule has 1 unspecified atom stereocenters. The first-order valence-corrected chi connectivity index (χ1v) is 5.98. The monoisotopic (exact) mass is 212 g/mol. The zero-order chi connectivity index (χ0) is 11.4. The van der Waals surface area contributed by atoms with E-state index in [2.05, 4.69) is 30.6 Å². The lowest BCUT2D eigenvalue weighted by molar-refractivity contribution is -0.117. The van der Waals surface area contributed by atoms with Crippen LogP contribution < -0.4 is 0 Å². The Hall–Kier alpha value is -0.410. The van der Waals surface area contributed by atoms with Crippen LogP contribution in [0.4, 0.5) is 0 Å². The van der Waals surface area contributed by atoms with Crippen molar-refractivity contribution in [3.63, 3.8) is 0 Å². The first-order chi connectivity index (χ1) is 7.00. The van der Waals surface area contributed by atoms with E-state index in [0.717, 1.165) is 26.2 Å². The lowest BCUT2D eigenvalue weighted by Gasteiger charge is -2.42. The van der Waals surface area contributed by atoms with E-state index in [9.17, 15) is 4.79 Å². The minimum Gasteiger partial charge on any atom is -0.300 e. The van der Waals surface area contributed by atoms with E-state index < -0.39 is 0 Å². The minimum absolute atomic E-state index is 0.300. The summed E-state index contributed by atoms with van der Waals surface area (Å²) >= 11 is 0. The van der Waals surface area contributed by atoms with Crippen molar-refractivity contribution in [2.24, 2.45) is 0 Å². The molecule has 0 aromatic rings. The molecular formula is C12H24N2O. The molecule has 0 bridgehead atoms. The lowest BCUT2D eigenvalue weighted by atomic mass is 10.1. The van der Waals surface area contributed by atoms with Gasteiger partial charge in [0.15, 0.2) is 0 Å². The molecule has 0 radical (unpaired) electrons. The number of piperazine rings is 1. The van der Waals surface area contributed by atoms with Crippen LogP contribution in [0.1, 0.15) is 34.1 Å². The summed E-state index contributed by atoms with van der Waals surface area (Å²) in [6, 6.07) is 1.25. The molecule has 0 aliphatic carbocycles. The smallest absolute Gasteiger partial charge is 0.131 e. The Morgan fingerprint density at radius 2 is 2.07 bits per heavy atom. The number of rotatable bonds is 4. The molecule has 1 fully saturated rings. The summed E-state index contributed by atoms with van der Waals surface area (Å²) in [5.41, 5.74) is 0. The van der Waals surface area contributed by atoms with Crippen LogP contribution in [0.5, 0.6) is 0 Å². The fourth-order valence-electron chi connectivity index (χ4n) is 2.33. The Bertz CT molecular complexity index is 216. The van der Waals surface area contributed by atoms with E-state index in [-0.39, 0.29) is 0 Å². The number of hydrogen-bond donors (Lipinski definition) is 0. The van der Waals surface area contributed by atoms with E-state index in [4.69, 9.17) is 0 Å². The van der Waals surface area contributed by atoms with Gasteiger partial charge in [-0.3, -0.25) is 9.69 Å². The maximum absolute atomic E-state index is 10.9. The third kappa shape index (κ3) is 3.92. The van der Waals surface area contributed by atoms with E-state index in [1.54, 1.807) is 6.92 Å². The van der Waals surface area contributed by atoms with E-state index >= 15 is 0 Å². The van der Waals surface area contributed by atoms with Gasteiger partial charge < -0.3 is 4.90 Å². The van der Waals surface area contributed by atoms with Gasteiger partial charge in [0, 0.05) is 44.7 Å². The van der Waals surface area contributed by atoms with Gasteiger partial charge in [-0.2, -0.15) is 0 Å². The number of Topliss-reactive ketones (excluding diaryl/α,β-unsaturated/α-hetero) is 1. The predicted molar refractivity (Wildman–Crippen MR) is 63.0 cm³/mol. The van der Waals surface area contributed by atoms with Crippen LogP contribution in [0.25, 0.3) is 0 Å². The Morgan fingerprint density at radius 3 is 2.53 bits per heavy atom. The molecule has 0 aromatic heterocycles. The summed E-state index contributed by atoms with van der Waals surface area (Å²) in [5, 5.41) is 0. The molecule has 0 amide bonds. The van der Waals surface area contributed by atoms with Crippen LogP contribution in [-0.2, 0) is 4.79 Å². The van der Waals surface area contributed by atoms with Crippen LogP contribution >= 0.6 is 0 Å². The summed E-state index contributed by atoms with van der Waals surface area (Å²) < 4.78 is 0. The second-order valence-corrected chi connectivity index (χ2v) is 4.93. The molecule has 15 heavy (non-hydrogen) atoms. The zero-order valence-electron chi connectivity index (χ0n) is 10.5. The van der Waals surface area contributed by atoms with Crippen LogP contribution in [0.3, 0.4) is 0 Å². The molecule has 0 spiro atoms. The van der Waals surface area contributed by atoms with Crippen LogP contribution in [-0.4, -0.2) is 53.8 Å². The number of carbonyl (C=O) groups is 1. The molecule has 1 saturated heterocycles. The molecule has 1 rings (SSSR count). The van der Waals surface area contributed by atoms with E-state index in [0.29, 0.717) is 24.3 Å². The highest BCUT2D eigenvalue weighted by Crippen LogP contribution is 2.12. The van der Waals surface area contributed by atoms with Gasteiger partial charge >= 0.3 is 0 Å². The normalized spacial score (nSPS) is 24.7. The zero-order valence-corrected chi connectivity index (χ0v) is 10.5. The second kappa shape index (κ2) is 5.61. The van der Waals surface area contributed by atoms with E-state index in [1.807, 2.05) is 0 Å². The molecule has 1 aliphatic heterocycles. The molecule has 0 saturated carbocycles. The highest BCUT2D eigenvalue weighted by atomic mass is 16.1. The minimum atomic E-state index is 0.300. The van der Waals surface area contributed by atoms with Crippen molar-refractivity contribution < 1.29 is 4.79 Å². The van der Waals surface area contributed by atoms with Crippen molar-refractivity contribution in [2.45, 2.75) is 46.2 Å². The van der Waals surface area contributed by atoms with Gasteiger partial charge in [0.05, 0.1) is 0 Å². The van der Waals surface area contributed by atoms with Gasteiger partial charge in [-0.1, -0.05) is 0 Å². The second-order valence-electron chi connectivity index (χ2n) is 4.93. The van der Waals surface area contributed by atoms with Crippen molar-refractivity contribution in [2.75, 3.05) is 26.2 Å². The molecule has 3 heteroatoms. The summed E-state index contributed by atoms with van der Waals surface area (Å²) in [6.45, 7) is 12.7. The van der Waals surface area contributed by atoms with Crippen molar-refractivity contribution in [3.05, 3.63) is 0 Å². The van der Waals surface area contributed by atoms with Crippen LogP contribution in [0.2, 0.25) is 0 Å². The topological polar surface area (TPSA) is 23.6 Å². The number of ketones is 1. The third-order valence-corrected chi connectivity index (χ3v) is 3.21. The maximum Gasteiger partial charge on any atom is 0.131 e. The first kappa shape index (κ1) is 12.7. The van der Waals surface area contributed by atoms with Gasteiger partial charge in [-0.15, -0.1) is 0 Å². The molecular weight excluding hydrogens is 188 g/mol. The van der Waals surface area contributed by atoms with Crippen LogP contribution in [0.15, 0.2) is 0 Å². The summed E-state index contributed by atoms with van der Waals surface area (Å²) in [5.74, 6) is 0.300. The fraction of sp³-hybridized carbons (Fsp3) is 0.917.